The van der Waals surface area contributed by atoms with Gasteiger partial charge in [0.15, 0.2) is 5.58 Å². The highest BCUT2D eigenvalue weighted by Gasteiger charge is 2.09. The molecule has 0 fully saturated rings. The van der Waals surface area contributed by atoms with Gasteiger partial charge in [-0.05, 0) is 30.3 Å². The first-order chi connectivity index (χ1) is 11.3. The summed E-state index contributed by atoms with van der Waals surface area (Å²) in [7, 11) is -4.94. The average Bonchev–Trinajstić information content (AvgIpc) is 2.52. The molecule has 0 saturated carbocycles. The van der Waals surface area contributed by atoms with Gasteiger partial charge in [-0.2, -0.15) is 0 Å². The Hall–Kier alpha value is -2.62. The zero-order chi connectivity index (χ0) is 17.6. The summed E-state index contributed by atoms with van der Waals surface area (Å²) in [4.78, 5) is 18.7. The number of nitrogens with one attached hydrogen (secondary N) is 1. The largest absolute Gasteiger partial charge is 0.424 e. The minimum Gasteiger partial charge on any atom is -0.404 e. The van der Waals surface area contributed by atoms with Gasteiger partial charge in [-0.25, -0.2) is 23.4 Å². The van der Waals surface area contributed by atoms with Crippen LogP contribution in [0.1, 0.15) is 11.6 Å². The van der Waals surface area contributed by atoms with E-state index < -0.39 is 10.2 Å². The molecular weight excluding hydrogens is 340 g/mol. The predicted octanol–water partition coefficient (Wildman–Crippen LogP) is -2.58. The molecule has 24 heavy (non-hydrogen) atoms. The first-order valence-electron chi connectivity index (χ1n) is 6.49. The maximum Gasteiger partial charge on any atom is 0.424 e. The lowest BCUT2D eigenvalue weighted by molar-refractivity contribution is -2.00. The Labute approximate surface area is 137 Å². The Bertz CT molecular complexity index is 884. The highest BCUT2D eigenvalue weighted by atomic mass is 35.7. The second-order valence-electron chi connectivity index (χ2n) is 4.38. The fourth-order valence-corrected chi connectivity index (χ4v) is 1.78. The molecule has 1 aromatic carbocycles. The molecule has 0 saturated heterocycles. The molecule has 3 rings (SSSR count). The van der Waals surface area contributed by atoms with Crippen molar-refractivity contribution < 1.29 is 38.3 Å². The Kier molecular flexibility index (Phi) is 5.74. The van der Waals surface area contributed by atoms with Crippen LogP contribution in [0.5, 0.6) is 0 Å². The molecule has 0 spiro atoms. The summed E-state index contributed by atoms with van der Waals surface area (Å²) < 4.78 is 39.6. The van der Waals surface area contributed by atoms with Crippen molar-refractivity contribution in [1.82, 2.24) is 4.98 Å². The van der Waals surface area contributed by atoms with Crippen LogP contribution in [0.25, 0.3) is 23.1 Å². The molecule has 0 unspecified atom stereocenters. The van der Waals surface area contributed by atoms with Crippen LogP contribution in [0.3, 0.4) is 0 Å². The summed E-state index contributed by atoms with van der Waals surface area (Å²) in [5.74, 6) is 0.398. The molecule has 0 bridgehead atoms. The number of hydrogen-bond donors (Lipinski definition) is 0. The van der Waals surface area contributed by atoms with E-state index in [0.717, 1.165) is 5.69 Å². The summed E-state index contributed by atoms with van der Waals surface area (Å²) in [5.41, 5.74) is 1.20. The highest BCUT2D eigenvalue weighted by Crippen LogP contribution is 2.09. The number of hydrogen-bond acceptors (Lipinski definition) is 7. The van der Waals surface area contributed by atoms with E-state index in [1.54, 1.807) is 36.5 Å². The summed E-state index contributed by atoms with van der Waals surface area (Å²) >= 11 is 0. The van der Waals surface area contributed by atoms with Crippen LogP contribution >= 0.6 is 0 Å². The molecule has 1 N–H and O–H groups in total. The average molecular weight is 351 g/mol. The van der Waals surface area contributed by atoms with E-state index in [1.807, 2.05) is 24.3 Å². The molecule has 8 nitrogen and oxygen atoms in total. The zero-order valence-electron chi connectivity index (χ0n) is 12.0. The molecule has 0 radical (unpaired) electrons. The first kappa shape index (κ1) is 17.7. The topological polar surface area (TPSA) is 149 Å². The van der Waals surface area contributed by atoms with Gasteiger partial charge in [-0.3, -0.25) is 4.98 Å². The van der Waals surface area contributed by atoms with Crippen molar-refractivity contribution in [2.75, 3.05) is 0 Å². The van der Waals surface area contributed by atoms with Crippen LogP contribution in [-0.4, -0.2) is 4.98 Å². The van der Waals surface area contributed by atoms with E-state index >= 15 is 0 Å². The van der Waals surface area contributed by atoms with Crippen molar-refractivity contribution in [3.63, 3.8) is 0 Å². The number of para-hydroxylation sites is 1. The van der Waals surface area contributed by atoms with Gasteiger partial charge in [0.2, 0.25) is 0 Å². The van der Waals surface area contributed by atoms with E-state index in [0.29, 0.717) is 16.9 Å². The maximum absolute atomic E-state index is 11.8. The van der Waals surface area contributed by atoms with Crippen LogP contribution in [0, 0.1) is 10.2 Å². The SMILES string of the molecule is O=c1[nH+]c(C=Cc2ccccn2)oc2ccccc12.[O-][Cl+3]([O-])([O-])[O-]. The van der Waals surface area contributed by atoms with Gasteiger partial charge >= 0.3 is 11.4 Å². The summed E-state index contributed by atoms with van der Waals surface area (Å²) in [5, 5.41) is 0.539. The van der Waals surface area contributed by atoms with Gasteiger partial charge in [0.05, 0.1) is 11.8 Å². The standard InChI is InChI=1S/C15H10N2O2.ClHO4/c18-15-12-6-1-2-7-13(12)19-14(17-15)9-8-11-5-3-4-10-16-11;2-1(3,4)5/h1-10H;(H,2,3,4,5). The highest BCUT2D eigenvalue weighted by molar-refractivity contribution is 5.75. The number of rotatable bonds is 2. The molecule has 0 amide bonds. The van der Waals surface area contributed by atoms with Gasteiger partial charge < -0.3 is 4.42 Å². The van der Waals surface area contributed by atoms with Gasteiger partial charge in [0.1, 0.15) is 5.39 Å². The number of aromatic amines is 1. The lowest BCUT2D eigenvalue weighted by Gasteiger charge is -2.17. The van der Waals surface area contributed by atoms with Crippen LogP contribution in [0.2, 0.25) is 0 Å². The molecule has 2 heterocycles. The van der Waals surface area contributed by atoms with Crippen molar-refractivity contribution in [2.24, 2.45) is 0 Å². The molecule has 0 aliphatic carbocycles. The fraction of sp³-hybridized carbons (Fsp3) is 0. The third-order valence-electron chi connectivity index (χ3n) is 2.68. The monoisotopic (exact) mass is 350 g/mol. The number of fused-ring (bicyclic) bond motifs is 1. The van der Waals surface area contributed by atoms with Gasteiger partial charge in [-0.15, -0.1) is 15.2 Å². The molecular formula is C15H11ClN2O6. The van der Waals surface area contributed by atoms with E-state index in [-0.39, 0.29) is 5.56 Å². The Morgan fingerprint density at radius 1 is 1.00 bits per heavy atom. The summed E-state index contributed by atoms with van der Waals surface area (Å²) in [6, 6.07) is 12.7. The number of nitrogens with zero attached hydrogens (tertiary/aromatic N) is 1. The Balaban J connectivity index is 0.000000368. The lowest BCUT2D eigenvalue weighted by atomic mass is 10.2. The Morgan fingerprint density at radius 2 is 1.67 bits per heavy atom. The van der Waals surface area contributed by atoms with Crippen LogP contribution < -0.4 is 29.2 Å². The third-order valence-corrected chi connectivity index (χ3v) is 2.68. The molecule has 0 aliphatic rings. The van der Waals surface area contributed by atoms with E-state index in [9.17, 15) is 4.79 Å². The van der Waals surface area contributed by atoms with Crippen LogP contribution in [-0.2, 0) is 0 Å². The molecule has 0 atom stereocenters. The van der Waals surface area contributed by atoms with Gasteiger partial charge in [0.25, 0.3) is 0 Å². The molecule has 124 valence electrons. The lowest BCUT2D eigenvalue weighted by Crippen LogP contribution is -2.68. The minimum absolute atomic E-state index is 0.164. The number of aromatic nitrogens is 2. The van der Waals surface area contributed by atoms with E-state index in [4.69, 9.17) is 23.1 Å². The van der Waals surface area contributed by atoms with E-state index in [2.05, 4.69) is 9.97 Å². The van der Waals surface area contributed by atoms with Crippen LogP contribution in [0.15, 0.2) is 57.9 Å². The van der Waals surface area contributed by atoms with Crippen molar-refractivity contribution in [3.8, 4) is 0 Å². The number of pyridine rings is 1. The van der Waals surface area contributed by atoms with Crippen molar-refractivity contribution in [2.45, 2.75) is 0 Å². The normalized spacial score (nSPS) is 11.3. The predicted molar refractivity (Wildman–Crippen MR) is 72.2 cm³/mol. The molecule has 9 heteroatoms. The second-order valence-corrected chi connectivity index (χ2v) is 5.14. The zero-order valence-corrected chi connectivity index (χ0v) is 12.8. The second kappa shape index (κ2) is 7.77. The third kappa shape index (κ3) is 5.88. The number of H-pyrrole nitrogens is 1. The number of halogens is 1. The fourth-order valence-electron chi connectivity index (χ4n) is 1.78. The summed E-state index contributed by atoms with van der Waals surface area (Å²) in [6.45, 7) is 0. The number of benzene rings is 1. The quantitative estimate of drug-likeness (QED) is 0.492. The van der Waals surface area contributed by atoms with Crippen molar-refractivity contribution in [3.05, 3.63) is 70.6 Å². The smallest absolute Gasteiger partial charge is 0.404 e. The van der Waals surface area contributed by atoms with Crippen LogP contribution in [0.4, 0.5) is 0 Å². The molecule has 3 aromatic rings. The summed E-state index contributed by atoms with van der Waals surface area (Å²) in [6.07, 6.45) is 5.18. The molecule has 0 aliphatic heterocycles. The van der Waals surface area contributed by atoms with Crippen molar-refractivity contribution in [1.29, 1.82) is 0 Å². The van der Waals surface area contributed by atoms with Crippen molar-refractivity contribution >= 4 is 23.1 Å². The minimum atomic E-state index is -4.94. The van der Waals surface area contributed by atoms with Gasteiger partial charge in [-0.1, -0.05) is 18.2 Å². The van der Waals surface area contributed by atoms with E-state index in [1.165, 1.54) is 0 Å². The van der Waals surface area contributed by atoms with Gasteiger partial charge in [0, 0.05) is 6.20 Å². The first-order valence-corrected chi connectivity index (χ1v) is 7.72. The Morgan fingerprint density at radius 3 is 2.33 bits per heavy atom. The molecule has 2 aromatic heterocycles. The maximum atomic E-state index is 11.8.